The van der Waals surface area contributed by atoms with Crippen LogP contribution in [0.15, 0.2) is 72.8 Å². The van der Waals surface area contributed by atoms with Gasteiger partial charge < -0.3 is 16.4 Å². The largest absolute Gasteiger partial charge is 0.416 e. The van der Waals surface area contributed by atoms with Gasteiger partial charge in [-0.15, -0.1) is 0 Å². The Morgan fingerprint density at radius 2 is 1.59 bits per heavy atom. The molecule has 0 aliphatic carbocycles. The minimum atomic E-state index is -4.67. The van der Waals surface area contributed by atoms with Crippen LogP contribution in [0.1, 0.15) is 28.2 Å². The van der Waals surface area contributed by atoms with Crippen molar-refractivity contribution >= 4 is 23.3 Å². The molecule has 2 amide bonds. The number of rotatable bonds is 7. The summed E-state index contributed by atoms with van der Waals surface area (Å²) in [7, 11) is 0. The number of carbonyl (C=O) groups is 2. The van der Waals surface area contributed by atoms with Crippen LogP contribution >= 0.6 is 0 Å². The Morgan fingerprint density at radius 3 is 2.18 bits per heavy atom. The van der Waals surface area contributed by atoms with Crippen molar-refractivity contribution in [3.05, 3.63) is 101 Å². The topological polar surface area (TPSA) is 108 Å². The van der Waals surface area contributed by atoms with Crippen LogP contribution in [-0.2, 0) is 22.3 Å². The number of nitrogens with two attached hydrogens (primary N) is 1. The number of carbonyl (C=O) groups excluding carboxylic acids is 2. The summed E-state index contributed by atoms with van der Waals surface area (Å²) < 4.78 is 52.9. The fourth-order valence-electron chi connectivity index (χ4n) is 3.19. The first kappa shape index (κ1) is 24.4. The summed E-state index contributed by atoms with van der Waals surface area (Å²) in [5.41, 5.74) is 5.11. The lowest BCUT2D eigenvalue weighted by molar-refractivity contribution is -0.137. The Hall–Kier alpha value is -4.21. The number of anilines is 1. The highest BCUT2D eigenvalue weighted by Gasteiger charge is 2.32. The SMILES string of the molecule is N=C(N)c1ccc(NC(=O)C(C(=O)NCc2cc(C(F)(F)F)ccc2F)c2ccccc2)cc1. The van der Waals surface area contributed by atoms with Gasteiger partial charge in [-0.05, 0) is 48.0 Å². The summed E-state index contributed by atoms with van der Waals surface area (Å²) in [5, 5.41) is 12.4. The molecule has 0 aliphatic heterocycles. The first-order valence-corrected chi connectivity index (χ1v) is 10.00. The summed E-state index contributed by atoms with van der Waals surface area (Å²) in [6.45, 7) is -0.543. The Balaban J connectivity index is 1.80. The van der Waals surface area contributed by atoms with Crippen molar-refractivity contribution in [2.24, 2.45) is 5.73 Å². The van der Waals surface area contributed by atoms with Gasteiger partial charge in [0, 0.05) is 23.4 Å². The number of halogens is 4. The Morgan fingerprint density at radius 1 is 0.941 bits per heavy atom. The molecular formula is C24H20F4N4O2. The lowest BCUT2D eigenvalue weighted by Gasteiger charge is -2.18. The molecule has 0 spiro atoms. The molecule has 0 aromatic heterocycles. The highest BCUT2D eigenvalue weighted by atomic mass is 19.4. The highest BCUT2D eigenvalue weighted by molar-refractivity contribution is 6.11. The van der Waals surface area contributed by atoms with Crippen molar-refractivity contribution < 1.29 is 27.2 Å². The van der Waals surface area contributed by atoms with Gasteiger partial charge in [0.05, 0.1) is 5.56 Å². The summed E-state index contributed by atoms with van der Waals surface area (Å²) in [6, 6.07) is 16.0. The van der Waals surface area contributed by atoms with E-state index in [1.54, 1.807) is 30.3 Å². The van der Waals surface area contributed by atoms with Crippen molar-refractivity contribution in [2.75, 3.05) is 5.32 Å². The number of amides is 2. The van der Waals surface area contributed by atoms with Crippen LogP contribution in [0.2, 0.25) is 0 Å². The third kappa shape index (κ3) is 5.97. The molecule has 34 heavy (non-hydrogen) atoms. The van der Waals surface area contributed by atoms with E-state index in [-0.39, 0.29) is 11.4 Å². The van der Waals surface area contributed by atoms with Gasteiger partial charge in [0.2, 0.25) is 11.8 Å². The van der Waals surface area contributed by atoms with Crippen LogP contribution in [0, 0.1) is 11.2 Å². The molecule has 6 nitrogen and oxygen atoms in total. The normalized spacial score (nSPS) is 12.0. The molecule has 1 unspecified atom stereocenters. The molecule has 3 aromatic rings. The number of alkyl halides is 3. The van der Waals surface area contributed by atoms with Crippen LogP contribution in [-0.4, -0.2) is 17.6 Å². The maximum absolute atomic E-state index is 14.0. The van der Waals surface area contributed by atoms with Crippen molar-refractivity contribution in [1.82, 2.24) is 5.32 Å². The second-order valence-electron chi connectivity index (χ2n) is 7.35. The van der Waals surface area contributed by atoms with Crippen LogP contribution in [0.5, 0.6) is 0 Å². The second kappa shape index (κ2) is 10.2. The number of nitrogens with one attached hydrogen (secondary N) is 3. The molecule has 3 aromatic carbocycles. The molecule has 0 radical (unpaired) electrons. The molecule has 0 saturated carbocycles. The van der Waals surface area contributed by atoms with Crippen LogP contribution in [0.25, 0.3) is 0 Å². The number of benzene rings is 3. The van der Waals surface area contributed by atoms with E-state index in [4.69, 9.17) is 11.1 Å². The smallest absolute Gasteiger partial charge is 0.384 e. The van der Waals surface area contributed by atoms with E-state index in [0.717, 1.165) is 0 Å². The zero-order valence-corrected chi connectivity index (χ0v) is 17.6. The van der Waals surface area contributed by atoms with Crippen molar-refractivity contribution in [3.8, 4) is 0 Å². The monoisotopic (exact) mass is 472 g/mol. The van der Waals surface area contributed by atoms with Crippen molar-refractivity contribution in [1.29, 1.82) is 5.41 Å². The van der Waals surface area contributed by atoms with Gasteiger partial charge >= 0.3 is 6.18 Å². The minimum Gasteiger partial charge on any atom is -0.384 e. The molecule has 0 heterocycles. The predicted octanol–water partition coefficient (Wildman–Crippen LogP) is 4.17. The van der Waals surface area contributed by atoms with E-state index in [2.05, 4.69) is 10.6 Å². The van der Waals surface area contributed by atoms with E-state index >= 15 is 0 Å². The Bertz CT molecular complexity index is 1200. The van der Waals surface area contributed by atoms with Crippen LogP contribution in [0.3, 0.4) is 0 Å². The summed E-state index contributed by atoms with van der Waals surface area (Å²) >= 11 is 0. The standard InChI is InChI=1S/C24H20F4N4O2/c25-19-11-8-17(24(26,27)28)12-16(19)13-31-22(33)20(14-4-2-1-3-5-14)23(34)32-18-9-6-15(7-10-18)21(29)30/h1-12,20H,13H2,(H3,29,30)(H,31,33)(H,32,34). The Kier molecular flexibility index (Phi) is 7.30. The van der Waals surface area contributed by atoms with Gasteiger partial charge in [-0.2, -0.15) is 13.2 Å². The molecule has 176 valence electrons. The number of nitrogen functional groups attached to an aromatic ring is 1. The average Bonchev–Trinajstić information content (AvgIpc) is 2.79. The van der Waals surface area contributed by atoms with Crippen molar-refractivity contribution in [3.63, 3.8) is 0 Å². The van der Waals surface area contributed by atoms with E-state index in [1.807, 2.05) is 0 Å². The quantitative estimate of drug-likeness (QED) is 0.179. The Labute approximate surface area is 192 Å². The zero-order valence-electron chi connectivity index (χ0n) is 17.6. The average molecular weight is 472 g/mol. The maximum atomic E-state index is 14.0. The summed E-state index contributed by atoms with van der Waals surface area (Å²) in [6.07, 6.45) is -4.67. The third-order valence-electron chi connectivity index (χ3n) is 4.95. The summed E-state index contributed by atoms with van der Waals surface area (Å²) in [5.74, 6) is -3.95. The maximum Gasteiger partial charge on any atom is 0.416 e. The fourth-order valence-corrected chi connectivity index (χ4v) is 3.19. The van der Waals surface area contributed by atoms with Crippen LogP contribution in [0.4, 0.5) is 23.2 Å². The molecule has 3 rings (SSSR count). The number of hydrogen-bond donors (Lipinski definition) is 4. The van der Waals surface area contributed by atoms with Gasteiger partial charge in [-0.3, -0.25) is 15.0 Å². The second-order valence-corrected chi connectivity index (χ2v) is 7.35. The highest BCUT2D eigenvalue weighted by Crippen LogP contribution is 2.30. The molecule has 0 fully saturated rings. The lowest BCUT2D eigenvalue weighted by atomic mass is 9.96. The fraction of sp³-hybridized carbons (Fsp3) is 0.125. The minimum absolute atomic E-state index is 0.152. The lowest BCUT2D eigenvalue weighted by Crippen LogP contribution is -2.36. The molecule has 0 aliphatic rings. The number of hydrogen-bond acceptors (Lipinski definition) is 3. The van der Waals surface area contributed by atoms with Gasteiger partial charge in [0.15, 0.2) is 0 Å². The third-order valence-corrected chi connectivity index (χ3v) is 4.95. The first-order valence-electron chi connectivity index (χ1n) is 10.00. The van der Waals surface area contributed by atoms with Gasteiger partial charge in [-0.25, -0.2) is 4.39 Å². The predicted molar refractivity (Wildman–Crippen MR) is 119 cm³/mol. The molecule has 0 bridgehead atoms. The van der Waals surface area contributed by atoms with Gasteiger partial charge in [-0.1, -0.05) is 30.3 Å². The van der Waals surface area contributed by atoms with Gasteiger partial charge in [0.1, 0.15) is 17.6 Å². The van der Waals surface area contributed by atoms with E-state index in [9.17, 15) is 27.2 Å². The van der Waals surface area contributed by atoms with Crippen LogP contribution < -0.4 is 16.4 Å². The van der Waals surface area contributed by atoms with E-state index in [1.165, 1.54) is 24.3 Å². The molecule has 10 heteroatoms. The number of amidine groups is 1. The van der Waals surface area contributed by atoms with Crippen molar-refractivity contribution in [2.45, 2.75) is 18.6 Å². The molecule has 1 atom stereocenters. The molecular weight excluding hydrogens is 452 g/mol. The molecule has 5 N–H and O–H groups in total. The van der Waals surface area contributed by atoms with Gasteiger partial charge in [0.25, 0.3) is 0 Å². The summed E-state index contributed by atoms with van der Waals surface area (Å²) in [4.78, 5) is 25.9. The zero-order chi connectivity index (χ0) is 24.9. The first-order chi connectivity index (χ1) is 16.1. The van der Waals surface area contributed by atoms with E-state index in [0.29, 0.717) is 35.0 Å². The van der Waals surface area contributed by atoms with E-state index < -0.39 is 41.8 Å². The molecule has 0 saturated heterocycles.